The zero-order valence-electron chi connectivity index (χ0n) is 4.70. The molecule has 0 N–H and O–H groups in total. The quantitative estimate of drug-likeness (QED) is 0.554. The molecule has 1 saturated carbocycles. The lowest BCUT2D eigenvalue weighted by molar-refractivity contribution is -0.135. The molecule has 4 heteroatoms. The van der Waals surface area contributed by atoms with Crippen molar-refractivity contribution in [3.05, 3.63) is 0 Å². The minimum atomic E-state index is -4.03. The molecule has 0 bridgehead atoms. The van der Waals surface area contributed by atoms with Crippen LogP contribution in [-0.2, 0) is 0 Å². The SMILES string of the molecule is FC(F)(F)CC1(S)CC1. The third-order valence-corrected chi connectivity index (χ3v) is 1.96. The zero-order valence-corrected chi connectivity index (χ0v) is 5.60. The standard InChI is InChI=1S/C5H7F3S/c6-5(7,8)3-4(9)1-2-4/h9H,1-3H2. The second-order valence-electron chi connectivity index (χ2n) is 2.52. The van der Waals surface area contributed by atoms with E-state index in [4.69, 9.17) is 0 Å². The Morgan fingerprint density at radius 2 is 1.78 bits per heavy atom. The lowest BCUT2D eigenvalue weighted by atomic mass is 10.3. The summed E-state index contributed by atoms with van der Waals surface area (Å²) < 4.78 is 33.9. The first kappa shape index (κ1) is 7.25. The first-order valence-electron chi connectivity index (χ1n) is 2.70. The normalized spacial score (nSPS) is 24.0. The molecule has 1 fully saturated rings. The third kappa shape index (κ3) is 2.47. The van der Waals surface area contributed by atoms with Crippen LogP contribution < -0.4 is 0 Å². The average molecular weight is 156 g/mol. The highest BCUT2D eigenvalue weighted by Crippen LogP contribution is 2.49. The van der Waals surface area contributed by atoms with Gasteiger partial charge in [-0.3, -0.25) is 0 Å². The van der Waals surface area contributed by atoms with Gasteiger partial charge in [0.15, 0.2) is 0 Å². The Morgan fingerprint density at radius 3 is 1.89 bits per heavy atom. The largest absolute Gasteiger partial charge is 0.390 e. The lowest BCUT2D eigenvalue weighted by Gasteiger charge is -2.09. The van der Waals surface area contributed by atoms with Crippen molar-refractivity contribution in [2.45, 2.75) is 30.2 Å². The molecule has 0 atom stereocenters. The molecule has 0 radical (unpaired) electrons. The molecule has 1 aliphatic rings. The molecule has 0 aromatic heterocycles. The lowest BCUT2D eigenvalue weighted by Crippen LogP contribution is -2.15. The molecule has 0 heterocycles. The van der Waals surface area contributed by atoms with Gasteiger partial charge in [-0.25, -0.2) is 0 Å². The molecule has 1 aliphatic carbocycles. The summed E-state index contributed by atoms with van der Waals surface area (Å²) in [6, 6.07) is 0. The van der Waals surface area contributed by atoms with Crippen LogP contribution in [0.4, 0.5) is 13.2 Å². The third-order valence-electron chi connectivity index (χ3n) is 1.36. The molecule has 0 nitrogen and oxygen atoms in total. The highest BCUT2D eigenvalue weighted by atomic mass is 32.1. The van der Waals surface area contributed by atoms with Gasteiger partial charge in [0.2, 0.25) is 0 Å². The van der Waals surface area contributed by atoms with Gasteiger partial charge in [0.1, 0.15) is 0 Å². The van der Waals surface area contributed by atoms with E-state index in [0.29, 0.717) is 12.8 Å². The summed E-state index contributed by atoms with van der Waals surface area (Å²) in [6.45, 7) is 0. The van der Waals surface area contributed by atoms with E-state index in [1.54, 1.807) is 0 Å². The van der Waals surface area contributed by atoms with Crippen LogP contribution in [0.1, 0.15) is 19.3 Å². The fraction of sp³-hybridized carbons (Fsp3) is 1.00. The molecule has 0 aromatic carbocycles. The maximum Gasteiger partial charge on any atom is 0.390 e. The highest BCUT2D eigenvalue weighted by Gasteiger charge is 2.47. The number of hydrogen-bond acceptors (Lipinski definition) is 1. The van der Waals surface area contributed by atoms with Crippen LogP contribution in [0, 0.1) is 0 Å². The van der Waals surface area contributed by atoms with Crippen molar-refractivity contribution in [3.63, 3.8) is 0 Å². The van der Waals surface area contributed by atoms with Gasteiger partial charge in [-0.1, -0.05) is 0 Å². The van der Waals surface area contributed by atoms with E-state index in [9.17, 15) is 13.2 Å². The molecule has 0 saturated heterocycles. The smallest absolute Gasteiger partial charge is 0.172 e. The molecule has 0 amide bonds. The molecule has 0 unspecified atom stereocenters. The second kappa shape index (κ2) is 1.81. The molecule has 0 aromatic rings. The van der Waals surface area contributed by atoms with E-state index >= 15 is 0 Å². The van der Waals surface area contributed by atoms with Gasteiger partial charge in [-0.05, 0) is 12.8 Å². The van der Waals surface area contributed by atoms with Crippen LogP contribution in [-0.4, -0.2) is 10.9 Å². The predicted molar refractivity (Wildman–Crippen MR) is 31.6 cm³/mol. The summed E-state index contributed by atoms with van der Waals surface area (Å²) in [5, 5.41) is 0. The Labute approximate surface area is 56.8 Å². The number of hydrogen-bond donors (Lipinski definition) is 1. The topological polar surface area (TPSA) is 0 Å². The molecule has 9 heavy (non-hydrogen) atoms. The molecule has 0 aliphatic heterocycles. The Bertz CT molecular complexity index is 111. The van der Waals surface area contributed by atoms with Gasteiger partial charge >= 0.3 is 6.18 Å². The van der Waals surface area contributed by atoms with Crippen LogP contribution in [0.25, 0.3) is 0 Å². The van der Waals surface area contributed by atoms with Crippen molar-refractivity contribution in [3.8, 4) is 0 Å². The van der Waals surface area contributed by atoms with Crippen molar-refractivity contribution in [2.24, 2.45) is 0 Å². The first-order chi connectivity index (χ1) is 3.91. The molecule has 54 valence electrons. The van der Waals surface area contributed by atoms with E-state index in [2.05, 4.69) is 12.6 Å². The molecular weight excluding hydrogens is 149 g/mol. The fourth-order valence-corrected chi connectivity index (χ4v) is 0.985. The Morgan fingerprint density at radius 1 is 1.33 bits per heavy atom. The number of halogens is 3. The molecule has 0 spiro atoms. The summed E-state index contributed by atoms with van der Waals surface area (Å²) >= 11 is 3.84. The summed E-state index contributed by atoms with van der Waals surface area (Å²) in [5.41, 5.74) is 0. The summed E-state index contributed by atoms with van der Waals surface area (Å²) in [5.74, 6) is 0. The van der Waals surface area contributed by atoms with E-state index < -0.39 is 17.3 Å². The van der Waals surface area contributed by atoms with Crippen molar-refractivity contribution < 1.29 is 13.2 Å². The Balaban J connectivity index is 2.33. The molecular formula is C5H7F3S. The monoisotopic (exact) mass is 156 g/mol. The summed E-state index contributed by atoms with van der Waals surface area (Å²) in [6.07, 6.45) is -3.55. The van der Waals surface area contributed by atoms with Crippen molar-refractivity contribution in [2.75, 3.05) is 0 Å². The fourth-order valence-electron chi connectivity index (χ4n) is 0.694. The van der Waals surface area contributed by atoms with Gasteiger partial charge in [-0.2, -0.15) is 25.8 Å². The van der Waals surface area contributed by atoms with Gasteiger partial charge in [-0.15, -0.1) is 0 Å². The van der Waals surface area contributed by atoms with Crippen molar-refractivity contribution >= 4 is 12.6 Å². The average Bonchev–Trinajstić information content (AvgIpc) is 2.12. The first-order valence-corrected chi connectivity index (χ1v) is 3.15. The van der Waals surface area contributed by atoms with Gasteiger partial charge < -0.3 is 0 Å². The number of rotatable bonds is 1. The number of thiol groups is 1. The van der Waals surface area contributed by atoms with Gasteiger partial charge in [0.05, 0.1) is 6.42 Å². The number of alkyl halides is 3. The highest BCUT2D eigenvalue weighted by molar-refractivity contribution is 7.82. The minimum Gasteiger partial charge on any atom is -0.172 e. The molecule has 1 rings (SSSR count). The van der Waals surface area contributed by atoms with Crippen molar-refractivity contribution in [1.82, 2.24) is 0 Å². The van der Waals surface area contributed by atoms with E-state index in [0.717, 1.165) is 0 Å². The van der Waals surface area contributed by atoms with E-state index in [-0.39, 0.29) is 0 Å². The van der Waals surface area contributed by atoms with Gasteiger partial charge in [0, 0.05) is 4.75 Å². The second-order valence-corrected chi connectivity index (χ2v) is 3.46. The van der Waals surface area contributed by atoms with Crippen LogP contribution >= 0.6 is 12.6 Å². The van der Waals surface area contributed by atoms with E-state index in [1.165, 1.54) is 0 Å². The predicted octanol–water partition coefficient (Wildman–Crippen LogP) is 2.40. The minimum absolute atomic E-state index is 0.607. The van der Waals surface area contributed by atoms with Crippen LogP contribution in [0.5, 0.6) is 0 Å². The summed E-state index contributed by atoms with van der Waals surface area (Å²) in [7, 11) is 0. The van der Waals surface area contributed by atoms with Crippen LogP contribution in [0.15, 0.2) is 0 Å². The van der Waals surface area contributed by atoms with Crippen LogP contribution in [0.2, 0.25) is 0 Å². The van der Waals surface area contributed by atoms with E-state index in [1.807, 2.05) is 0 Å². The summed E-state index contributed by atoms with van der Waals surface area (Å²) in [4.78, 5) is 0. The maximum absolute atomic E-state index is 11.5. The van der Waals surface area contributed by atoms with Crippen LogP contribution in [0.3, 0.4) is 0 Å². The maximum atomic E-state index is 11.5. The van der Waals surface area contributed by atoms with Crippen molar-refractivity contribution in [1.29, 1.82) is 0 Å². The Kier molecular flexibility index (Phi) is 1.46. The Hall–Kier alpha value is 0.140. The van der Waals surface area contributed by atoms with Gasteiger partial charge in [0.25, 0.3) is 0 Å². The zero-order chi connectivity index (χ0) is 7.12.